The average Bonchev–Trinajstić information content (AvgIpc) is 2.69. The van der Waals surface area contributed by atoms with Crippen molar-refractivity contribution in [3.63, 3.8) is 0 Å². The number of hydrogen-bond acceptors (Lipinski definition) is 3. The summed E-state index contributed by atoms with van der Waals surface area (Å²) in [6.45, 7) is 6.77. The Morgan fingerprint density at radius 3 is 2.37 bits per heavy atom. The van der Waals surface area contributed by atoms with Crippen LogP contribution in [0.4, 0.5) is 0 Å². The van der Waals surface area contributed by atoms with Gasteiger partial charge in [-0.1, -0.05) is 75.4 Å². The largest absolute Gasteiger partial charge is 0.493 e. The van der Waals surface area contributed by atoms with E-state index in [9.17, 15) is 0 Å². The van der Waals surface area contributed by atoms with Crippen LogP contribution in [0.15, 0.2) is 42.5 Å². The molecule has 0 fully saturated rings. The molecule has 148 valence electrons. The first-order valence-electron chi connectivity index (χ1n) is 10.3. The van der Waals surface area contributed by atoms with Gasteiger partial charge in [-0.05, 0) is 37.1 Å². The van der Waals surface area contributed by atoms with Crippen LogP contribution in [-0.2, 0) is 13.2 Å². The normalized spacial score (nSPS) is 10.8. The average molecular weight is 370 g/mol. The Bertz CT molecular complexity index is 669. The van der Waals surface area contributed by atoms with Gasteiger partial charge in [0.25, 0.3) is 0 Å². The fourth-order valence-electron chi connectivity index (χ4n) is 3.20. The Morgan fingerprint density at radius 1 is 0.852 bits per heavy atom. The molecule has 2 rings (SSSR count). The van der Waals surface area contributed by atoms with Crippen LogP contribution in [0, 0.1) is 6.92 Å². The number of hydrogen-bond donors (Lipinski definition) is 1. The predicted octanol–water partition coefficient (Wildman–Crippen LogP) is 6.03. The minimum absolute atomic E-state index is 0.553. The van der Waals surface area contributed by atoms with Gasteiger partial charge in [0.15, 0.2) is 11.5 Å². The van der Waals surface area contributed by atoms with Crippen LogP contribution >= 0.6 is 0 Å². The highest BCUT2D eigenvalue weighted by Gasteiger charge is 2.11. The van der Waals surface area contributed by atoms with Gasteiger partial charge >= 0.3 is 0 Å². The van der Waals surface area contributed by atoms with E-state index in [1.54, 1.807) is 7.11 Å². The molecular weight excluding hydrogens is 334 g/mol. The first-order chi connectivity index (χ1) is 13.3. The van der Waals surface area contributed by atoms with E-state index in [0.717, 1.165) is 30.2 Å². The van der Waals surface area contributed by atoms with Crippen LogP contribution in [0.2, 0.25) is 0 Å². The maximum absolute atomic E-state index is 6.18. The molecule has 0 bridgehead atoms. The van der Waals surface area contributed by atoms with Crippen molar-refractivity contribution in [2.45, 2.75) is 65.5 Å². The third-order valence-corrected chi connectivity index (χ3v) is 4.94. The van der Waals surface area contributed by atoms with Crippen molar-refractivity contribution in [3.05, 3.63) is 59.2 Å². The Kier molecular flexibility index (Phi) is 9.78. The maximum Gasteiger partial charge on any atom is 0.166 e. The fourth-order valence-corrected chi connectivity index (χ4v) is 3.20. The zero-order valence-corrected chi connectivity index (χ0v) is 17.2. The summed E-state index contributed by atoms with van der Waals surface area (Å²) >= 11 is 0. The smallest absolute Gasteiger partial charge is 0.166 e. The van der Waals surface area contributed by atoms with Gasteiger partial charge in [-0.3, -0.25) is 0 Å². The number of nitrogens with one attached hydrogen (secondary N) is 1. The van der Waals surface area contributed by atoms with Crippen molar-refractivity contribution in [3.8, 4) is 11.5 Å². The van der Waals surface area contributed by atoms with Crippen LogP contribution < -0.4 is 14.8 Å². The molecule has 0 amide bonds. The molecule has 0 unspecified atom stereocenters. The van der Waals surface area contributed by atoms with Crippen molar-refractivity contribution in [2.75, 3.05) is 13.7 Å². The molecular formula is C24H35NO2. The molecule has 0 radical (unpaired) electrons. The molecule has 0 aliphatic heterocycles. The predicted molar refractivity (Wildman–Crippen MR) is 114 cm³/mol. The summed E-state index contributed by atoms with van der Waals surface area (Å²) in [6.07, 6.45) is 7.91. The van der Waals surface area contributed by atoms with Crippen molar-refractivity contribution in [2.24, 2.45) is 0 Å². The van der Waals surface area contributed by atoms with Gasteiger partial charge in [0.1, 0.15) is 6.61 Å². The third-order valence-electron chi connectivity index (χ3n) is 4.94. The summed E-state index contributed by atoms with van der Waals surface area (Å²) in [6, 6.07) is 14.4. The van der Waals surface area contributed by atoms with Crippen LogP contribution in [0.25, 0.3) is 0 Å². The van der Waals surface area contributed by atoms with Crippen molar-refractivity contribution >= 4 is 0 Å². The van der Waals surface area contributed by atoms with Crippen LogP contribution in [-0.4, -0.2) is 13.7 Å². The molecule has 1 N–H and O–H groups in total. The SMILES string of the molecule is CCCCCCCCNCc1cccc(OC)c1OCc1ccccc1C. The summed E-state index contributed by atoms with van der Waals surface area (Å²) in [7, 11) is 1.70. The van der Waals surface area contributed by atoms with E-state index >= 15 is 0 Å². The molecule has 0 aliphatic rings. The third kappa shape index (κ3) is 7.26. The molecule has 0 heterocycles. The zero-order valence-electron chi connectivity index (χ0n) is 17.2. The zero-order chi connectivity index (χ0) is 19.3. The van der Waals surface area contributed by atoms with Gasteiger partial charge in [-0.2, -0.15) is 0 Å². The van der Waals surface area contributed by atoms with E-state index in [-0.39, 0.29) is 0 Å². The minimum Gasteiger partial charge on any atom is -0.493 e. The van der Waals surface area contributed by atoms with E-state index in [2.05, 4.69) is 49.5 Å². The number of aryl methyl sites for hydroxylation is 1. The van der Waals surface area contributed by atoms with Crippen molar-refractivity contribution in [1.82, 2.24) is 5.32 Å². The second kappa shape index (κ2) is 12.4. The molecule has 0 saturated carbocycles. The quantitative estimate of drug-likeness (QED) is 0.437. The maximum atomic E-state index is 6.18. The Labute approximate surface area is 165 Å². The molecule has 3 heteroatoms. The molecule has 27 heavy (non-hydrogen) atoms. The standard InChI is InChI=1S/C24H35NO2/c1-4-5-6-7-8-11-17-25-18-21-15-12-16-23(26-3)24(21)27-19-22-14-10-9-13-20(22)2/h9-10,12-16,25H,4-8,11,17-19H2,1-3H3. The highest BCUT2D eigenvalue weighted by Crippen LogP contribution is 2.32. The van der Waals surface area contributed by atoms with Gasteiger partial charge < -0.3 is 14.8 Å². The minimum atomic E-state index is 0.553. The van der Waals surface area contributed by atoms with Crippen LogP contribution in [0.1, 0.15) is 62.1 Å². The number of benzene rings is 2. The van der Waals surface area contributed by atoms with Gasteiger partial charge in [0, 0.05) is 12.1 Å². The highest BCUT2D eigenvalue weighted by molar-refractivity contribution is 5.46. The molecule has 0 atom stereocenters. The molecule has 0 aromatic heterocycles. The summed E-state index contributed by atoms with van der Waals surface area (Å²) in [5.74, 6) is 1.64. The first kappa shape index (κ1) is 21.3. The highest BCUT2D eigenvalue weighted by atomic mass is 16.5. The van der Waals surface area contributed by atoms with E-state index in [1.807, 2.05) is 12.1 Å². The second-order valence-corrected chi connectivity index (χ2v) is 7.11. The Hall–Kier alpha value is -2.00. The van der Waals surface area contributed by atoms with Gasteiger partial charge in [-0.25, -0.2) is 0 Å². The summed E-state index contributed by atoms with van der Waals surface area (Å²) in [5.41, 5.74) is 3.60. The van der Waals surface area contributed by atoms with E-state index in [0.29, 0.717) is 6.61 Å². The second-order valence-electron chi connectivity index (χ2n) is 7.11. The summed E-state index contributed by atoms with van der Waals surface area (Å²) in [4.78, 5) is 0. The number of rotatable bonds is 13. The van der Waals surface area contributed by atoms with Crippen LogP contribution in [0.3, 0.4) is 0 Å². The van der Waals surface area contributed by atoms with Crippen molar-refractivity contribution in [1.29, 1.82) is 0 Å². The van der Waals surface area contributed by atoms with Crippen LogP contribution in [0.5, 0.6) is 11.5 Å². The first-order valence-corrected chi connectivity index (χ1v) is 10.3. The van der Waals surface area contributed by atoms with E-state index < -0.39 is 0 Å². The Morgan fingerprint density at radius 2 is 1.59 bits per heavy atom. The number of unbranched alkanes of at least 4 members (excludes halogenated alkanes) is 5. The van der Waals surface area contributed by atoms with Gasteiger partial charge in [0.05, 0.1) is 7.11 Å². The lowest BCUT2D eigenvalue weighted by atomic mass is 10.1. The molecule has 0 aliphatic carbocycles. The summed E-state index contributed by atoms with van der Waals surface area (Å²) < 4.78 is 11.7. The molecule has 2 aromatic carbocycles. The number of para-hydroxylation sites is 1. The molecule has 3 nitrogen and oxygen atoms in total. The van der Waals surface area contributed by atoms with E-state index in [4.69, 9.17) is 9.47 Å². The fraction of sp³-hybridized carbons (Fsp3) is 0.500. The van der Waals surface area contributed by atoms with Gasteiger partial charge in [0.2, 0.25) is 0 Å². The number of ether oxygens (including phenoxy) is 2. The summed E-state index contributed by atoms with van der Waals surface area (Å²) in [5, 5.41) is 3.56. The number of methoxy groups -OCH3 is 1. The van der Waals surface area contributed by atoms with Gasteiger partial charge in [-0.15, -0.1) is 0 Å². The molecule has 2 aromatic rings. The van der Waals surface area contributed by atoms with E-state index in [1.165, 1.54) is 49.7 Å². The molecule has 0 spiro atoms. The lowest BCUT2D eigenvalue weighted by molar-refractivity contribution is 0.280. The molecule has 0 saturated heterocycles. The lowest BCUT2D eigenvalue weighted by Crippen LogP contribution is -2.15. The van der Waals surface area contributed by atoms with Crippen molar-refractivity contribution < 1.29 is 9.47 Å². The topological polar surface area (TPSA) is 30.5 Å². The monoisotopic (exact) mass is 369 g/mol. The Balaban J connectivity index is 1.87. The lowest BCUT2D eigenvalue weighted by Gasteiger charge is -2.16.